The van der Waals surface area contributed by atoms with Crippen LogP contribution >= 0.6 is 11.3 Å². The van der Waals surface area contributed by atoms with Crippen molar-refractivity contribution in [1.82, 2.24) is 0 Å². The van der Waals surface area contributed by atoms with Gasteiger partial charge in [0.2, 0.25) is 0 Å². The fourth-order valence-corrected chi connectivity index (χ4v) is 2.33. The third kappa shape index (κ3) is 3.82. The van der Waals surface area contributed by atoms with Gasteiger partial charge >= 0.3 is 0 Å². The van der Waals surface area contributed by atoms with E-state index < -0.39 is 0 Å². The Kier molecular flexibility index (Phi) is 4.56. The minimum Gasteiger partial charge on any atom is -0.488 e. The molecule has 1 heterocycles. The Morgan fingerprint density at radius 2 is 2.21 bits per heavy atom. The first-order valence-corrected chi connectivity index (χ1v) is 6.72. The highest BCUT2D eigenvalue weighted by Crippen LogP contribution is 2.21. The van der Waals surface area contributed by atoms with Crippen LogP contribution in [0.4, 0.5) is 4.39 Å². The fraction of sp³-hybridized carbons (Fsp3) is 0.200. The van der Waals surface area contributed by atoms with E-state index in [1.807, 2.05) is 18.4 Å². The van der Waals surface area contributed by atoms with Crippen molar-refractivity contribution in [3.8, 4) is 17.6 Å². The first-order chi connectivity index (χ1) is 9.19. The molecule has 0 bridgehead atoms. The molecule has 1 aromatic heterocycles. The van der Waals surface area contributed by atoms with E-state index in [1.165, 1.54) is 12.1 Å². The molecule has 1 aromatic carbocycles. The number of thiophene rings is 1. The van der Waals surface area contributed by atoms with Gasteiger partial charge in [-0.1, -0.05) is 11.8 Å². The molecule has 0 saturated heterocycles. The molecule has 98 valence electrons. The molecule has 2 aromatic rings. The lowest BCUT2D eigenvalue weighted by Gasteiger charge is -2.07. The summed E-state index contributed by atoms with van der Waals surface area (Å²) >= 11 is 1.59. The number of halogens is 1. The molecule has 4 heteroatoms. The van der Waals surface area contributed by atoms with Crippen molar-refractivity contribution in [3.05, 3.63) is 51.5 Å². The normalized spacial score (nSPS) is 9.84. The molecule has 0 aliphatic heterocycles. The second kappa shape index (κ2) is 6.37. The Hall–Kier alpha value is -1.83. The molecule has 2 nitrogen and oxygen atoms in total. The molecule has 0 saturated carbocycles. The Morgan fingerprint density at radius 1 is 1.37 bits per heavy atom. The molecule has 0 amide bonds. The van der Waals surface area contributed by atoms with Gasteiger partial charge in [0.25, 0.3) is 0 Å². The summed E-state index contributed by atoms with van der Waals surface area (Å²) in [5.74, 6) is 6.23. The van der Waals surface area contributed by atoms with Crippen LogP contribution in [0.1, 0.15) is 16.0 Å². The third-order valence-corrected chi connectivity index (χ3v) is 3.41. The average Bonchev–Trinajstić information content (AvgIpc) is 2.83. The molecule has 2 N–H and O–H groups in total. The quantitative estimate of drug-likeness (QED) is 0.874. The summed E-state index contributed by atoms with van der Waals surface area (Å²) < 4.78 is 18.6. The maximum absolute atomic E-state index is 13.0. The van der Waals surface area contributed by atoms with Gasteiger partial charge < -0.3 is 10.5 Å². The summed E-state index contributed by atoms with van der Waals surface area (Å²) in [6.07, 6.45) is 0. The second-order valence-corrected chi connectivity index (χ2v) is 5.00. The van der Waals surface area contributed by atoms with Gasteiger partial charge in [-0.2, -0.15) is 0 Å². The zero-order valence-corrected chi connectivity index (χ0v) is 11.4. The summed E-state index contributed by atoms with van der Waals surface area (Å²) in [5.41, 5.74) is 7.06. The Morgan fingerprint density at radius 3 is 2.95 bits per heavy atom. The molecule has 0 unspecified atom stereocenters. The maximum atomic E-state index is 13.0. The lowest BCUT2D eigenvalue weighted by atomic mass is 10.2. The first kappa shape index (κ1) is 13.6. The average molecular weight is 275 g/mol. The predicted molar refractivity (Wildman–Crippen MR) is 75.7 cm³/mol. The van der Waals surface area contributed by atoms with Crippen LogP contribution in [0.25, 0.3) is 0 Å². The molecular weight excluding hydrogens is 261 g/mol. The number of hydrogen-bond donors (Lipinski definition) is 1. The number of ether oxygens (including phenoxy) is 1. The van der Waals surface area contributed by atoms with Gasteiger partial charge in [-0.05, 0) is 36.8 Å². The second-order valence-electron chi connectivity index (χ2n) is 4.01. The monoisotopic (exact) mass is 275 g/mol. The lowest BCUT2D eigenvalue weighted by molar-refractivity contribution is 0.307. The van der Waals surface area contributed by atoms with E-state index in [4.69, 9.17) is 10.5 Å². The summed E-state index contributed by atoms with van der Waals surface area (Å²) in [7, 11) is 0. The largest absolute Gasteiger partial charge is 0.488 e. The summed E-state index contributed by atoms with van der Waals surface area (Å²) in [6.45, 7) is 2.64. The molecule has 0 aliphatic carbocycles. The van der Waals surface area contributed by atoms with Crippen molar-refractivity contribution in [2.24, 2.45) is 5.73 Å². The van der Waals surface area contributed by atoms with E-state index >= 15 is 0 Å². The van der Waals surface area contributed by atoms with Crippen LogP contribution in [0.3, 0.4) is 0 Å². The van der Waals surface area contributed by atoms with E-state index in [1.54, 1.807) is 17.4 Å². The minimum absolute atomic E-state index is 0.250. The summed E-state index contributed by atoms with van der Waals surface area (Å²) in [6, 6.07) is 6.48. The van der Waals surface area contributed by atoms with E-state index in [0.29, 0.717) is 18.9 Å². The highest BCUT2D eigenvalue weighted by atomic mass is 32.1. The molecule has 0 atom stereocenters. The van der Waals surface area contributed by atoms with E-state index in [-0.39, 0.29) is 5.82 Å². The molecular formula is C15H14FNOS. The van der Waals surface area contributed by atoms with Crippen molar-refractivity contribution in [2.75, 3.05) is 6.54 Å². The number of hydrogen-bond acceptors (Lipinski definition) is 3. The maximum Gasteiger partial charge on any atom is 0.123 e. The van der Waals surface area contributed by atoms with Crippen LogP contribution in [0.15, 0.2) is 29.6 Å². The number of nitrogens with two attached hydrogens (primary N) is 1. The van der Waals surface area contributed by atoms with Crippen LogP contribution in [0.5, 0.6) is 5.75 Å². The Bertz CT molecular complexity index is 625. The van der Waals surface area contributed by atoms with E-state index in [2.05, 4.69) is 11.8 Å². The lowest BCUT2D eigenvalue weighted by Crippen LogP contribution is -1.95. The van der Waals surface area contributed by atoms with Crippen LogP contribution in [0.2, 0.25) is 0 Å². The van der Waals surface area contributed by atoms with Crippen molar-refractivity contribution in [2.45, 2.75) is 13.5 Å². The molecule has 0 radical (unpaired) electrons. The number of benzene rings is 1. The van der Waals surface area contributed by atoms with Crippen LogP contribution in [-0.2, 0) is 6.61 Å². The van der Waals surface area contributed by atoms with Gasteiger partial charge in [-0.15, -0.1) is 11.3 Å². The van der Waals surface area contributed by atoms with Gasteiger partial charge in [0.05, 0.1) is 6.54 Å². The van der Waals surface area contributed by atoms with Crippen LogP contribution in [-0.4, -0.2) is 6.54 Å². The van der Waals surface area contributed by atoms with E-state index in [9.17, 15) is 4.39 Å². The topological polar surface area (TPSA) is 35.2 Å². The highest BCUT2D eigenvalue weighted by Gasteiger charge is 2.03. The van der Waals surface area contributed by atoms with Crippen LogP contribution in [0, 0.1) is 24.6 Å². The Balaban J connectivity index is 2.00. The van der Waals surface area contributed by atoms with Gasteiger partial charge in [0, 0.05) is 15.8 Å². The zero-order valence-electron chi connectivity index (χ0n) is 10.6. The predicted octanol–water partition coefficient (Wildman–Crippen LogP) is 3.08. The van der Waals surface area contributed by atoms with Crippen molar-refractivity contribution < 1.29 is 9.13 Å². The molecule has 0 fully saturated rings. The van der Waals surface area contributed by atoms with Gasteiger partial charge in [-0.25, -0.2) is 4.39 Å². The Labute approximate surface area is 116 Å². The SMILES string of the molecule is Cc1cc(F)ccc1OCc1cc(C#CCN)cs1. The molecule has 0 aliphatic rings. The number of aryl methyl sites for hydroxylation is 1. The first-order valence-electron chi connectivity index (χ1n) is 5.84. The molecule has 19 heavy (non-hydrogen) atoms. The number of rotatable bonds is 3. The van der Waals surface area contributed by atoms with Gasteiger partial charge in [0.15, 0.2) is 0 Å². The van der Waals surface area contributed by atoms with Gasteiger partial charge in [0.1, 0.15) is 18.2 Å². The minimum atomic E-state index is -0.250. The van der Waals surface area contributed by atoms with Crippen molar-refractivity contribution in [1.29, 1.82) is 0 Å². The summed E-state index contributed by atoms with van der Waals surface area (Å²) in [4.78, 5) is 1.07. The third-order valence-electron chi connectivity index (χ3n) is 2.50. The van der Waals surface area contributed by atoms with Gasteiger partial charge in [-0.3, -0.25) is 0 Å². The summed E-state index contributed by atoms with van der Waals surface area (Å²) in [5, 5.41) is 1.97. The standard InChI is InChI=1S/C15H14FNOS/c1-11-7-13(16)4-5-15(11)18-9-14-8-12(10-19-14)3-2-6-17/h4-5,7-8,10H,6,9,17H2,1H3. The molecule has 2 rings (SSSR count). The highest BCUT2D eigenvalue weighted by molar-refractivity contribution is 7.10. The van der Waals surface area contributed by atoms with E-state index in [0.717, 1.165) is 16.0 Å². The fourth-order valence-electron chi connectivity index (χ4n) is 1.60. The smallest absolute Gasteiger partial charge is 0.123 e. The molecule has 0 spiro atoms. The van der Waals surface area contributed by atoms with Crippen molar-refractivity contribution in [3.63, 3.8) is 0 Å². The van der Waals surface area contributed by atoms with Crippen LogP contribution < -0.4 is 10.5 Å². The van der Waals surface area contributed by atoms with Crippen molar-refractivity contribution >= 4 is 11.3 Å². The zero-order chi connectivity index (χ0) is 13.7.